The average Bonchev–Trinajstić information content (AvgIpc) is 1.90. The molecular weight excluding hydrogens is 310 g/mol. The van der Waals surface area contributed by atoms with Crippen LogP contribution in [0.1, 0.15) is 10.4 Å². The molecule has 1 aromatic rings. The second-order valence-corrected chi connectivity index (χ2v) is 2.97. The molecule has 0 aliphatic rings. The molecule has 1 aromatic carbocycles. The molecule has 9 heavy (non-hydrogen) atoms. The SMILES string of the molecule is O=C([At])c1ccccc1. The summed E-state index contributed by atoms with van der Waals surface area (Å²) >= 11 is 1.19. The molecular formula is C7H5AtO. The van der Waals surface area contributed by atoms with Crippen LogP contribution in [0.2, 0.25) is 0 Å². The molecule has 0 atom stereocenters. The van der Waals surface area contributed by atoms with E-state index >= 15 is 0 Å². The Bertz CT molecular complexity index is 205. The van der Waals surface area contributed by atoms with Gasteiger partial charge in [-0.25, -0.2) is 0 Å². The van der Waals surface area contributed by atoms with Crippen LogP contribution >= 0.6 is 0 Å². The van der Waals surface area contributed by atoms with Crippen molar-refractivity contribution in [2.45, 2.75) is 0 Å². The summed E-state index contributed by atoms with van der Waals surface area (Å²) in [7, 11) is 0. The van der Waals surface area contributed by atoms with Gasteiger partial charge in [-0.3, -0.25) is 0 Å². The van der Waals surface area contributed by atoms with Crippen molar-refractivity contribution < 1.29 is 29.5 Å². The van der Waals surface area contributed by atoms with Gasteiger partial charge in [0.25, 0.3) is 0 Å². The first-order chi connectivity index (χ1) is 4.30. The van der Waals surface area contributed by atoms with Crippen molar-refractivity contribution in [3.8, 4) is 0 Å². The Morgan fingerprint density at radius 2 is 1.78 bits per heavy atom. The van der Waals surface area contributed by atoms with Crippen LogP contribution in [0, 0.1) is 24.7 Å². The van der Waals surface area contributed by atoms with E-state index in [1.165, 1.54) is 24.7 Å². The number of benzene rings is 1. The van der Waals surface area contributed by atoms with Crippen molar-refractivity contribution >= 4 is 3.49 Å². The third-order valence-corrected chi connectivity index (χ3v) is 1.85. The molecule has 1 nitrogen and oxygen atoms in total. The minimum absolute atomic E-state index is 0.176. The summed E-state index contributed by atoms with van der Waals surface area (Å²) < 4.78 is 0.176. The molecule has 0 aromatic heterocycles. The third-order valence-electron chi connectivity index (χ3n) is 1.00. The van der Waals surface area contributed by atoms with Crippen molar-refractivity contribution in [2.24, 2.45) is 0 Å². The zero-order chi connectivity index (χ0) is 6.69. The summed E-state index contributed by atoms with van der Waals surface area (Å²) in [5.41, 5.74) is 0.800. The average molecular weight is 315 g/mol. The van der Waals surface area contributed by atoms with Crippen molar-refractivity contribution in [3.63, 3.8) is 0 Å². The standard InChI is InChI=1S/C7H5AtO/c8-7(9)6-4-2-1-3-5-6/h1-5H. The van der Waals surface area contributed by atoms with E-state index in [0.29, 0.717) is 0 Å². The Morgan fingerprint density at radius 3 is 2.11 bits per heavy atom. The molecule has 0 saturated carbocycles. The molecule has 0 unspecified atom stereocenters. The summed E-state index contributed by atoms with van der Waals surface area (Å²) in [4.78, 5) is 10.7. The Morgan fingerprint density at radius 1 is 1.22 bits per heavy atom. The number of carbonyl (C=O) groups is 1. The van der Waals surface area contributed by atoms with Crippen LogP contribution in [0.3, 0.4) is 0 Å². The molecule has 0 fully saturated rings. The topological polar surface area (TPSA) is 17.1 Å². The normalized spacial score (nSPS) is 9.00. The second kappa shape index (κ2) is 3.07. The van der Waals surface area contributed by atoms with Crippen molar-refractivity contribution in [1.29, 1.82) is 0 Å². The first kappa shape index (κ1) is 6.89. The van der Waals surface area contributed by atoms with Gasteiger partial charge in [0.15, 0.2) is 0 Å². The quantitative estimate of drug-likeness (QED) is 0.765. The number of hydrogen-bond donors (Lipinski definition) is 0. The van der Waals surface area contributed by atoms with E-state index in [0.717, 1.165) is 5.56 Å². The van der Waals surface area contributed by atoms with Gasteiger partial charge in [0.05, 0.1) is 0 Å². The van der Waals surface area contributed by atoms with Gasteiger partial charge < -0.3 is 0 Å². The van der Waals surface area contributed by atoms with E-state index in [1.54, 1.807) is 0 Å². The molecule has 0 radical (unpaired) electrons. The van der Waals surface area contributed by atoms with Gasteiger partial charge in [-0.2, -0.15) is 0 Å². The van der Waals surface area contributed by atoms with Crippen LogP contribution in [0.15, 0.2) is 30.3 Å². The summed E-state index contributed by atoms with van der Waals surface area (Å²) in [6.07, 6.45) is 0. The van der Waals surface area contributed by atoms with Gasteiger partial charge in [0, 0.05) is 0 Å². The van der Waals surface area contributed by atoms with Crippen molar-refractivity contribution in [2.75, 3.05) is 0 Å². The molecule has 0 amide bonds. The van der Waals surface area contributed by atoms with Gasteiger partial charge in [-0.05, 0) is 0 Å². The molecule has 1 rings (SSSR count). The number of rotatable bonds is 1. The molecule has 0 spiro atoms. The first-order valence-electron chi connectivity index (χ1n) is 2.55. The van der Waals surface area contributed by atoms with Gasteiger partial charge in [0.2, 0.25) is 0 Å². The van der Waals surface area contributed by atoms with Crippen LogP contribution in [0.25, 0.3) is 0 Å². The van der Waals surface area contributed by atoms with Gasteiger partial charge in [-0.1, -0.05) is 0 Å². The molecule has 0 N–H and O–H groups in total. The predicted molar refractivity (Wildman–Crippen MR) is 30.8 cm³/mol. The van der Waals surface area contributed by atoms with Crippen molar-refractivity contribution in [3.05, 3.63) is 35.9 Å². The predicted octanol–water partition coefficient (Wildman–Crippen LogP) is 1.38. The van der Waals surface area contributed by atoms with E-state index < -0.39 is 0 Å². The fourth-order valence-corrected chi connectivity index (χ4v) is 1.06. The van der Waals surface area contributed by atoms with E-state index in [2.05, 4.69) is 0 Å². The van der Waals surface area contributed by atoms with E-state index in [1.807, 2.05) is 30.3 Å². The van der Waals surface area contributed by atoms with E-state index in [9.17, 15) is 4.79 Å². The van der Waals surface area contributed by atoms with E-state index in [4.69, 9.17) is 0 Å². The van der Waals surface area contributed by atoms with Crippen LogP contribution < -0.4 is 0 Å². The van der Waals surface area contributed by atoms with E-state index in [-0.39, 0.29) is 3.49 Å². The zero-order valence-corrected chi connectivity index (χ0v) is 7.61. The van der Waals surface area contributed by atoms with Gasteiger partial charge in [-0.15, -0.1) is 0 Å². The summed E-state index contributed by atoms with van der Waals surface area (Å²) in [5.74, 6) is 0. The summed E-state index contributed by atoms with van der Waals surface area (Å²) in [6, 6.07) is 9.28. The molecule has 0 aliphatic heterocycles. The number of carbonyl (C=O) groups excluding carboxylic acids is 1. The maximum absolute atomic E-state index is 10.7. The van der Waals surface area contributed by atoms with Crippen LogP contribution in [0.4, 0.5) is 0 Å². The van der Waals surface area contributed by atoms with Gasteiger partial charge >= 0.3 is 68.9 Å². The maximum atomic E-state index is 10.7. The van der Waals surface area contributed by atoms with Crippen LogP contribution in [-0.2, 0) is 0 Å². The zero-order valence-electron chi connectivity index (χ0n) is 4.67. The molecule has 0 aliphatic carbocycles. The Hall–Kier alpha value is -0.227. The molecule has 46 valence electrons. The monoisotopic (exact) mass is 315 g/mol. The summed E-state index contributed by atoms with van der Waals surface area (Å²) in [6.45, 7) is 0. The molecule has 0 heterocycles. The third kappa shape index (κ3) is 1.87. The fourth-order valence-electron chi connectivity index (χ4n) is 0.569. The Labute approximate surface area is 68.9 Å². The molecule has 0 saturated heterocycles. The van der Waals surface area contributed by atoms with Crippen molar-refractivity contribution in [1.82, 2.24) is 0 Å². The van der Waals surface area contributed by atoms with Crippen LogP contribution in [0.5, 0.6) is 0 Å². The molecule has 2 heteroatoms. The molecule has 0 bridgehead atoms. The Balaban J connectivity index is 2.98. The fraction of sp³-hybridized carbons (Fsp3) is 0. The number of hydrogen-bond acceptors (Lipinski definition) is 1. The summed E-state index contributed by atoms with van der Waals surface area (Å²) in [5, 5.41) is 0. The van der Waals surface area contributed by atoms with Crippen LogP contribution in [-0.4, -0.2) is 3.49 Å². The first-order valence-corrected chi connectivity index (χ1v) is 4.02. The minimum atomic E-state index is 0.176. The Kier molecular flexibility index (Phi) is 2.35. The second-order valence-electron chi connectivity index (χ2n) is 1.64. The van der Waals surface area contributed by atoms with Gasteiger partial charge in [0.1, 0.15) is 0 Å².